The number of aromatic nitrogens is 2. The van der Waals surface area contributed by atoms with Gasteiger partial charge in [0.1, 0.15) is 11.4 Å². The Morgan fingerprint density at radius 1 is 0.760 bits per heavy atom. The quantitative estimate of drug-likeness (QED) is 0.227. The van der Waals surface area contributed by atoms with Crippen LogP contribution in [0, 0.1) is 0 Å². The Morgan fingerprint density at radius 2 is 1.34 bits per heavy atom. The molecule has 2 spiro atoms. The topological polar surface area (TPSA) is 109 Å². The Morgan fingerprint density at radius 3 is 1.92 bits per heavy atom. The molecular formula is C38H38Cl2N6O4. The predicted molar refractivity (Wildman–Crippen MR) is 192 cm³/mol. The summed E-state index contributed by atoms with van der Waals surface area (Å²) in [6, 6.07) is 17.9. The van der Waals surface area contributed by atoms with E-state index in [2.05, 4.69) is 32.6 Å². The van der Waals surface area contributed by atoms with Crippen LogP contribution in [0.4, 0.5) is 0 Å². The molecule has 0 saturated carbocycles. The number of rotatable bonds is 9. The summed E-state index contributed by atoms with van der Waals surface area (Å²) in [5.41, 5.74) is 6.33. The molecule has 2 N–H and O–H groups in total. The van der Waals surface area contributed by atoms with Gasteiger partial charge in [-0.2, -0.15) is 0 Å². The molecule has 5 heterocycles. The first-order chi connectivity index (χ1) is 24.2. The van der Waals surface area contributed by atoms with Crippen LogP contribution in [0.15, 0.2) is 60.8 Å². The molecule has 2 amide bonds. The van der Waals surface area contributed by atoms with Crippen molar-refractivity contribution in [2.24, 2.45) is 0 Å². The average Bonchev–Trinajstić information content (AvgIpc) is 3.68. The van der Waals surface area contributed by atoms with Gasteiger partial charge in [0.25, 0.3) is 0 Å². The molecule has 4 aromatic rings. The maximum atomic E-state index is 11.8. The fourth-order valence-electron chi connectivity index (χ4n) is 8.06. The zero-order valence-electron chi connectivity index (χ0n) is 28.0. The summed E-state index contributed by atoms with van der Waals surface area (Å²) in [7, 11) is 3.27. The molecule has 3 aromatic carbocycles. The van der Waals surface area contributed by atoms with Gasteiger partial charge in [0.2, 0.25) is 17.7 Å². The Balaban J connectivity index is 1.01. The van der Waals surface area contributed by atoms with Crippen molar-refractivity contribution in [2.45, 2.75) is 49.9 Å². The first-order valence-corrected chi connectivity index (χ1v) is 17.6. The fraction of sp³-hybridized carbons (Fsp3) is 0.368. The van der Waals surface area contributed by atoms with Crippen molar-refractivity contribution in [3.63, 3.8) is 0 Å². The number of ether oxygens (including phenoxy) is 2. The number of halogens is 2. The minimum atomic E-state index is -0.102. The van der Waals surface area contributed by atoms with Crippen LogP contribution in [0.2, 0.25) is 10.0 Å². The molecule has 4 saturated heterocycles. The average molecular weight is 714 g/mol. The summed E-state index contributed by atoms with van der Waals surface area (Å²) < 4.78 is 11.5. The highest BCUT2D eigenvalue weighted by atomic mass is 35.5. The molecule has 4 fully saturated rings. The third-order valence-corrected chi connectivity index (χ3v) is 11.3. The van der Waals surface area contributed by atoms with Crippen LogP contribution in [-0.4, -0.2) is 83.1 Å². The van der Waals surface area contributed by atoms with Crippen molar-refractivity contribution in [2.75, 3.05) is 40.4 Å². The van der Waals surface area contributed by atoms with E-state index in [4.69, 9.17) is 42.6 Å². The molecule has 258 valence electrons. The van der Waals surface area contributed by atoms with E-state index in [1.807, 2.05) is 42.5 Å². The van der Waals surface area contributed by atoms with Crippen molar-refractivity contribution in [3.05, 3.63) is 82.1 Å². The summed E-state index contributed by atoms with van der Waals surface area (Å²) in [4.78, 5) is 37.6. The number of hydrogen-bond acceptors (Lipinski definition) is 8. The Bertz CT molecular complexity index is 1870. The van der Waals surface area contributed by atoms with E-state index in [0.717, 1.165) is 90.4 Å². The smallest absolute Gasteiger partial charge is 0.237 e. The molecule has 12 heteroatoms. The minimum Gasteiger partial charge on any atom is -0.496 e. The molecule has 0 atom stereocenters. The number of nitrogens with zero attached hydrogens (tertiary/aromatic N) is 4. The maximum absolute atomic E-state index is 11.8. The van der Waals surface area contributed by atoms with Crippen molar-refractivity contribution < 1.29 is 19.1 Å². The second-order valence-electron chi connectivity index (χ2n) is 14.0. The number of nitrogens with one attached hydrogen (secondary N) is 2. The molecule has 4 aliphatic heterocycles. The lowest BCUT2D eigenvalue weighted by Gasteiger charge is -2.48. The zero-order chi connectivity index (χ0) is 34.6. The number of methoxy groups -OCH3 is 2. The first kappa shape index (κ1) is 33.0. The molecule has 4 aliphatic rings. The second kappa shape index (κ2) is 12.8. The molecule has 0 radical (unpaired) electrons. The van der Waals surface area contributed by atoms with Gasteiger partial charge >= 0.3 is 0 Å². The van der Waals surface area contributed by atoms with Gasteiger partial charge < -0.3 is 20.1 Å². The number of carbonyl (C=O) groups excluding carboxylic acids is 2. The highest BCUT2D eigenvalue weighted by molar-refractivity contribution is 6.39. The van der Waals surface area contributed by atoms with E-state index >= 15 is 0 Å². The molecule has 10 nitrogen and oxygen atoms in total. The van der Waals surface area contributed by atoms with E-state index in [1.54, 1.807) is 20.4 Å². The predicted octanol–water partition coefficient (Wildman–Crippen LogP) is 5.73. The van der Waals surface area contributed by atoms with Crippen LogP contribution in [0.3, 0.4) is 0 Å². The number of hydrogen-bond donors (Lipinski definition) is 2. The summed E-state index contributed by atoms with van der Waals surface area (Å²) >= 11 is 14.3. The van der Waals surface area contributed by atoms with E-state index in [0.29, 0.717) is 41.0 Å². The van der Waals surface area contributed by atoms with Gasteiger partial charge in [0, 0.05) is 79.9 Å². The summed E-state index contributed by atoms with van der Waals surface area (Å²) in [6.45, 7) is 4.59. The van der Waals surface area contributed by atoms with Crippen molar-refractivity contribution in [3.8, 4) is 45.1 Å². The summed E-state index contributed by atoms with van der Waals surface area (Å²) in [6.07, 6.45) is 4.70. The van der Waals surface area contributed by atoms with E-state index in [9.17, 15) is 9.59 Å². The first-order valence-electron chi connectivity index (χ1n) is 16.9. The minimum absolute atomic E-state index is 0.0615. The molecular weight excluding hydrogens is 675 g/mol. The lowest BCUT2D eigenvalue weighted by atomic mass is 9.88. The highest BCUT2D eigenvalue weighted by Gasteiger charge is 2.48. The van der Waals surface area contributed by atoms with E-state index < -0.39 is 0 Å². The molecule has 0 bridgehead atoms. The van der Waals surface area contributed by atoms with E-state index in [1.165, 1.54) is 0 Å². The Hall–Kier alpha value is -4.22. The summed E-state index contributed by atoms with van der Waals surface area (Å²) in [5.74, 6) is 1.50. The van der Waals surface area contributed by atoms with Crippen molar-refractivity contribution in [1.29, 1.82) is 0 Å². The van der Waals surface area contributed by atoms with Crippen LogP contribution in [0.5, 0.6) is 11.6 Å². The van der Waals surface area contributed by atoms with Crippen molar-refractivity contribution in [1.82, 2.24) is 30.4 Å². The second-order valence-corrected chi connectivity index (χ2v) is 14.8. The summed E-state index contributed by atoms with van der Waals surface area (Å²) in [5, 5.41) is 7.36. The van der Waals surface area contributed by atoms with Gasteiger partial charge in [-0.05, 0) is 24.5 Å². The normalized spacial score (nSPS) is 19.3. The van der Waals surface area contributed by atoms with Crippen LogP contribution < -0.4 is 20.1 Å². The van der Waals surface area contributed by atoms with Crippen LogP contribution >= 0.6 is 23.2 Å². The van der Waals surface area contributed by atoms with Gasteiger partial charge in [-0.25, -0.2) is 4.98 Å². The lowest BCUT2D eigenvalue weighted by molar-refractivity contribution is -0.121. The SMILES string of the molecule is COc1cc(-c2cccc(-c3cccc(-c4cnc(CN5CC6(CCC(=O)N6)C5)c(OC)n4)c3Cl)c2Cl)ccc1CN1CC2(CCC(=O)N2)C1. The molecule has 0 aliphatic carbocycles. The van der Waals surface area contributed by atoms with Crippen LogP contribution in [0.1, 0.15) is 36.9 Å². The van der Waals surface area contributed by atoms with E-state index in [-0.39, 0.29) is 22.9 Å². The number of carbonyl (C=O) groups is 2. The third kappa shape index (κ3) is 5.98. The highest BCUT2D eigenvalue weighted by Crippen LogP contribution is 2.43. The molecule has 8 rings (SSSR count). The van der Waals surface area contributed by atoms with Gasteiger partial charge in [-0.1, -0.05) is 71.7 Å². The van der Waals surface area contributed by atoms with Gasteiger partial charge in [-0.15, -0.1) is 0 Å². The fourth-order valence-corrected chi connectivity index (χ4v) is 8.72. The lowest BCUT2D eigenvalue weighted by Crippen LogP contribution is -2.66. The maximum Gasteiger partial charge on any atom is 0.237 e. The monoisotopic (exact) mass is 712 g/mol. The Kier molecular flexibility index (Phi) is 8.46. The van der Waals surface area contributed by atoms with Crippen LogP contribution in [0.25, 0.3) is 33.5 Å². The Labute approximate surface area is 301 Å². The van der Waals surface area contributed by atoms with Crippen LogP contribution in [-0.2, 0) is 22.7 Å². The standard InChI is InChI=1S/C38H38Cl2N6O4/c1-49-31-15-23(9-10-24(31)17-45-19-37(20-45)13-11-32(47)43-37)25-5-3-6-26(34(25)39)27-7-4-8-28(35(27)40)29-16-41-30(36(42-29)50-2)18-46-21-38(22-46)14-12-33(48)44-38/h3-10,15-16H,11-14,17-22H2,1-2H3,(H,43,47)(H,44,48). The molecule has 50 heavy (non-hydrogen) atoms. The van der Waals surface area contributed by atoms with Gasteiger partial charge in [-0.3, -0.25) is 24.4 Å². The van der Waals surface area contributed by atoms with Gasteiger partial charge in [0.15, 0.2) is 0 Å². The zero-order valence-corrected chi connectivity index (χ0v) is 29.5. The number of likely N-dealkylation sites (tertiary alicyclic amines) is 2. The third-order valence-electron chi connectivity index (χ3n) is 10.5. The number of amides is 2. The molecule has 0 unspecified atom stereocenters. The molecule has 1 aromatic heterocycles. The van der Waals surface area contributed by atoms with Crippen molar-refractivity contribution >= 4 is 35.0 Å². The largest absolute Gasteiger partial charge is 0.496 e. The number of benzene rings is 3. The van der Waals surface area contributed by atoms with Gasteiger partial charge in [0.05, 0.1) is 47.2 Å².